The van der Waals surface area contributed by atoms with Crippen LogP contribution in [0.15, 0.2) is 18.3 Å². The summed E-state index contributed by atoms with van der Waals surface area (Å²) in [4.78, 5) is 3.68. The highest BCUT2D eigenvalue weighted by Crippen LogP contribution is 2.01. The zero-order chi connectivity index (χ0) is 6.69. The maximum absolute atomic E-state index is 8.27. The molecule has 0 amide bonds. The first kappa shape index (κ1) is 5.57. The number of nitrogens with one attached hydrogen (secondary N) is 1. The van der Waals surface area contributed by atoms with E-state index in [0.29, 0.717) is 11.4 Å². The predicted molar refractivity (Wildman–Crippen MR) is 31.7 cm³/mol. The van der Waals surface area contributed by atoms with Crippen LogP contribution in [0.3, 0.4) is 0 Å². The van der Waals surface area contributed by atoms with E-state index in [1.165, 1.54) is 18.3 Å². The minimum atomic E-state index is 0.294. The molecule has 1 radical (unpaired) electrons. The molecule has 0 aliphatic carbocycles. The van der Waals surface area contributed by atoms with Crippen LogP contribution in [0.1, 0.15) is 5.69 Å². The maximum atomic E-state index is 8.27. The summed E-state index contributed by atoms with van der Waals surface area (Å²) in [5, 5.41) is 8.27. The second kappa shape index (κ2) is 2.14. The van der Waals surface area contributed by atoms with Crippen LogP contribution in [-0.4, -0.2) is 4.98 Å². The van der Waals surface area contributed by atoms with Crippen molar-refractivity contribution in [1.82, 2.24) is 10.7 Å². The Morgan fingerprint density at radius 3 is 2.89 bits per heavy atom. The third kappa shape index (κ3) is 1.16. The summed E-state index contributed by atoms with van der Waals surface area (Å²) >= 11 is 0. The molecule has 1 aromatic heterocycles. The van der Waals surface area contributed by atoms with Gasteiger partial charge in [0.25, 0.3) is 0 Å². The standard InChI is InChI=1S/C6H4N3/c7-4-6-3-5(8)1-2-9-6/h1-3,8H. The number of rotatable bonds is 0. The van der Waals surface area contributed by atoms with E-state index >= 15 is 0 Å². The zero-order valence-corrected chi connectivity index (χ0v) is 4.63. The minimum Gasteiger partial charge on any atom is -0.301 e. The molecule has 0 saturated carbocycles. The van der Waals surface area contributed by atoms with E-state index in [-0.39, 0.29) is 0 Å². The largest absolute Gasteiger partial charge is 0.301 e. The fraction of sp³-hybridized carbons (Fsp3) is 0. The SMILES string of the molecule is N#Cc1cc([NH])ccn1. The average Bonchev–Trinajstić information content (AvgIpc) is 1.88. The summed E-state index contributed by atoms with van der Waals surface area (Å²) in [6.07, 6.45) is 1.45. The van der Waals surface area contributed by atoms with Gasteiger partial charge < -0.3 is 5.73 Å². The van der Waals surface area contributed by atoms with Gasteiger partial charge in [-0.1, -0.05) is 0 Å². The lowest BCUT2D eigenvalue weighted by molar-refractivity contribution is 1.25. The number of pyridine rings is 1. The molecule has 0 fully saturated rings. The molecule has 1 aromatic rings. The summed E-state index contributed by atoms with van der Waals surface area (Å²) in [5.41, 5.74) is 7.66. The number of hydrogen-bond donors (Lipinski definition) is 0. The fourth-order valence-electron chi connectivity index (χ4n) is 0.492. The van der Waals surface area contributed by atoms with Crippen LogP contribution in [0.4, 0.5) is 5.69 Å². The molecule has 0 atom stereocenters. The number of nitriles is 1. The summed E-state index contributed by atoms with van der Waals surface area (Å²) in [5.74, 6) is 0. The third-order valence-electron chi connectivity index (χ3n) is 0.874. The Labute approximate surface area is 52.7 Å². The van der Waals surface area contributed by atoms with Gasteiger partial charge >= 0.3 is 0 Å². The van der Waals surface area contributed by atoms with Crippen molar-refractivity contribution in [2.45, 2.75) is 0 Å². The van der Waals surface area contributed by atoms with Gasteiger partial charge in [0.05, 0.1) is 5.69 Å². The van der Waals surface area contributed by atoms with Crippen molar-refractivity contribution in [3.63, 3.8) is 0 Å². The Kier molecular flexibility index (Phi) is 1.32. The van der Waals surface area contributed by atoms with E-state index < -0.39 is 0 Å². The molecule has 0 saturated heterocycles. The van der Waals surface area contributed by atoms with Crippen LogP contribution < -0.4 is 5.73 Å². The molecule has 9 heavy (non-hydrogen) atoms. The summed E-state index contributed by atoms with van der Waals surface area (Å²) < 4.78 is 0. The molecular formula is C6H4N3. The summed E-state index contributed by atoms with van der Waals surface area (Å²) in [7, 11) is 0. The topological polar surface area (TPSA) is 60.5 Å². The van der Waals surface area contributed by atoms with Gasteiger partial charge in [0, 0.05) is 6.20 Å². The van der Waals surface area contributed by atoms with Crippen LogP contribution >= 0.6 is 0 Å². The van der Waals surface area contributed by atoms with E-state index in [1.54, 1.807) is 0 Å². The lowest BCUT2D eigenvalue weighted by Crippen LogP contribution is -1.79. The van der Waals surface area contributed by atoms with Crippen molar-refractivity contribution < 1.29 is 0 Å². The maximum Gasteiger partial charge on any atom is 0.142 e. The molecule has 3 nitrogen and oxygen atoms in total. The molecule has 0 spiro atoms. The minimum absolute atomic E-state index is 0.294. The van der Waals surface area contributed by atoms with E-state index in [4.69, 9.17) is 11.0 Å². The van der Waals surface area contributed by atoms with Crippen LogP contribution in [0.5, 0.6) is 0 Å². The van der Waals surface area contributed by atoms with Gasteiger partial charge in [-0.15, -0.1) is 0 Å². The normalized spacial score (nSPS) is 8.33. The Hall–Kier alpha value is -1.56. The predicted octanol–water partition coefficient (Wildman–Crippen LogP) is 0.868. The second-order valence-corrected chi connectivity index (χ2v) is 1.54. The van der Waals surface area contributed by atoms with Crippen molar-refractivity contribution in [1.29, 1.82) is 5.26 Å². The van der Waals surface area contributed by atoms with Gasteiger partial charge in [0.2, 0.25) is 0 Å². The van der Waals surface area contributed by atoms with Gasteiger partial charge in [-0.05, 0) is 12.1 Å². The van der Waals surface area contributed by atoms with Gasteiger partial charge in [-0.25, -0.2) is 4.98 Å². The van der Waals surface area contributed by atoms with Gasteiger partial charge in [0.15, 0.2) is 0 Å². The quantitative estimate of drug-likeness (QED) is 0.507. The van der Waals surface area contributed by atoms with Crippen molar-refractivity contribution in [3.05, 3.63) is 24.0 Å². The third-order valence-corrected chi connectivity index (χ3v) is 0.874. The van der Waals surface area contributed by atoms with Gasteiger partial charge in [-0.2, -0.15) is 5.26 Å². The molecule has 0 aliphatic rings. The highest BCUT2D eigenvalue weighted by molar-refractivity contribution is 5.37. The van der Waals surface area contributed by atoms with E-state index in [0.717, 1.165) is 0 Å². The number of nitrogens with zero attached hydrogens (tertiary/aromatic N) is 2. The molecule has 1 rings (SSSR count). The molecule has 1 heterocycles. The van der Waals surface area contributed by atoms with Crippen LogP contribution in [0.25, 0.3) is 0 Å². The summed E-state index contributed by atoms with van der Waals surface area (Å²) in [6.45, 7) is 0. The molecule has 0 aromatic carbocycles. The van der Waals surface area contributed by atoms with Crippen molar-refractivity contribution in [2.24, 2.45) is 0 Å². The summed E-state index contributed by atoms with van der Waals surface area (Å²) in [6, 6.07) is 4.78. The molecular weight excluding hydrogens is 114 g/mol. The average molecular weight is 118 g/mol. The van der Waals surface area contributed by atoms with E-state index in [9.17, 15) is 0 Å². The number of aromatic nitrogens is 1. The van der Waals surface area contributed by atoms with Crippen molar-refractivity contribution in [3.8, 4) is 6.07 Å². The molecule has 0 aliphatic heterocycles. The molecule has 43 valence electrons. The fourth-order valence-corrected chi connectivity index (χ4v) is 0.492. The van der Waals surface area contributed by atoms with Crippen molar-refractivity contribution >= 4 is 5.69 Å². The molecule has 1 N–H and O–H groups in total. The van der Waals surface area contributed by atoms with Crippen LogP contribution in [0, 0.1) is 11.3 Å². The van der Waals surface area contributed by atoms with Crippen LogP contribution in [0.2, 0.25) is 0 Å². The Morgan fingerprint density at radius 2 is 2.44 bits per heavy atom. The first-order chi connectivity index (χ1) is 4.33. The Bertz CT molecular complexity index is 249. The molecule has 0 bridgehead atoms. The lowest BCUT2D eigenvalue weighted by atomic mass is 10.3. The molecule has 0 unspecified atom stereocenters. The smallest absolute Gasteiger partial charge is 0.142 e. The number of hydrogen-bond acceptors (Lipinski definition) is 2. The monoisotopic (exact) mass is 118 g/mol. The second-order valence-electron chi connectivity index (χ2n) is 1.54. The zero-order valence-electron chi connectivity index (χ0n) is 4.63. The molecule has 3 heteroatoms. The Morgan fingerprint density at radius 1 is 1.67 bits per heavy atom. The highest BCUT2D eigenvalue weighted by Gasteiger charge is 1.88. The van der Waals surface area contributed by atoms with Crippen LogP contribution in [-0.2, 0) is 0 Å². The van der Waals surface area contributed by atoms with Gasteiger partial charge in [0.1, 0.15) is 11.8 Å². The lowest BCUT2D eigenvalue weighted by Gasteiger charge is -1.86. The van der Waals surface area contributed by atoms with E-state index in [2.05, 4.69) is 4.98 Å². The van der Waals surface area contributed by atoms with Crippen molar-refractivity contribution in [2.75, 3.05) is 0 Å². The first-order valence-electron chi connectivity index (χ1n) is 2.40. The van der Waals surface area contributed by atoms with E-state index in [1.807, 2.05) is 6.07 Å². The Balaban J connectivity index is 3.12. The highest BCUT2D eigenvalue weighted by atomic mass is 14.7. The first-order valence-corrected chi connectivity index (χ1v) is 2.40. The van der Waals surface area contributed by atoms with Gasteiger partial charge in [-0.3, -0.25) is 0 Å².